The summed E-state index contributed by atoms with van der Waals surface area (Å²) in [7, 11) is 1.85. The molecule has 2 rings (SSSR count). The third-order valence-corrected chi connectivity index (χ3v) is 3.02. The van der Waals surface area contributed by atoms with Gasteiger partial charge in [-0.15, -0.1) is 0 Å². The van der Waals surface area contributed by atoms with Crippen LogP contribution in [0.5, 0.6) is 5.75 Å². The van der Waals surface area contributed by atoms with E-state index >= 15 is 0 Å². The predicted molar refractivity (Wildman–Crippen MR) is 72.3 cm³/mol. The number of nitrogens with zero attached hydrogens (tertiary/aromatic N) is 2. The van der Waals surface area contributed by atoms with E-state index < -0.39 is 0 Å². The number of phenols is 1. The second-order valence-electron chi connectivity index (χ2n) is 3.82. The number of hydrogen-bond acceptors (Lipinski definition) is 3. The minimum Gasteiger partial charge on any atom is -0.508 e. The molecule has 0 amide bonds. The molecular formula is C14H11ClN2O. The maximum atomic E-state index is 9.26. The summed E-state index contributed by atoms with van der Waals surface area (Å²) in [5.74, 6) is 0.207. The zero-order valence-electron chi connectivity index (χ0n) is 9.76. The Kier molecular flexibility index (Phi) is 3.40. The van der Waals surface area contributed by atoms with E-state index in [0.29, 0.717) is 10.6 Å². The molecular weight excluding hydrogens is 248 g/mol. The molecule has 0 radical (unpaired) electrons. The molecule has 0 unspecified atom stereocenters. The van der Waals surface area contributed by atoms with Crippen molar-refractivity contribution in [3.63, 3.8) is 0 Å². The van der Waals surface area contributed by atoms with Crippen LogP contribution in [0.2, 0.25) is 5.02 Å². The van der Waals surface area contributed by atoms with Crippen LogP contribution in [-0.2, 0) is 0 Å². The second kappa shape index (κ2) is 4.99. The van der Waals surface area contributed by atoms with Gasteiger partial charge in [0.15, 0.2) is 0 Å². The fraction of sp³-hybridized carbons (Fsp3) is 0.0714. The molecule has 0 aliphatic rings. The fourth-order valence-corrected chi connectivity index (χ4v) is 1.93. The van der Waals surface area contributed by atoms with Crippen LogP contribution in [0.25, 0.3) is 0 Å². The normalized spacial score (nSPS) is 9.83. The van der Waals surface area contributed by atoms with E-state index in [2.05, 4.69) is 6.07 Å². The minimum atomic E-state index is 0.207. The van der Waals surface area contributed by atoms with Crippen molar-refractivity contribution in [3.05, 3.63) is 53.1 Å². The van der Waals surface area contributed by atoms with Gasteiger partial charge in [0.05, 0.1) is 16.3 Å². The maximum Gasteiger partial charge on any atom is 0.115 e. The number of aromatic hydroxyl groups is 1. The highest BCUT2D eigenvalue weighted by molar-refractivity contribution is 6.32. The summed E-state index contributed by atoms with van der Waals surface area (Å²) in [6.45, 7) is 0. The molecule has 0 saturated heterocycles. The van der Waals surface area contributed by atoms with Gasteiger partial charge < -0.3 is 10.0 Å². The average molecular weight is 259 g/mol. The Bertz CT molecular complexity index is 602. The Morgan fingerprint density at radius 2 is 1.83 bits per heavy atom. The van der Waals surface area contributed by atoms with Crippen LogP contribution >= 0.6 is 11.6 Å². The van der Waals surface area contributed by atoms with E-state index in [-0.39, 0.29) is 5.75 Å². The van der Waals surface area contributed by atoms with Crippen molar-refractivity contribution in [2.24, 2.45) is 0 Å². The van der Waals surface area contributed by atoms with Gasteiger partial charge in [0.25, 0.3) is 0 Å². The molecule has 3 nitrogen and oxygen atoms in total. The van der Waals surface area contributed by atoms with Crippen LogP contribution in [0, 0.1) is 11.3 Å². The van der Waals surface area contributed by atoms with Gasteiger partial charge in [0.1, 0.15) is 11.8 Å². The summed E-state index contributed by atoms with van der Waals surface area (Å²) in [5.41, 5.74) is 2.04. The van der Waals surface area contributed by atoms with Gasteiger partial charge in [-0.2, -0.15) is 5.26 Å². The Balaban J connectivity index is 2.46. The lowest BCUT2D eigenvalue weighted by Gasteiger charge is -2.21. The van der Waals surface area contributed by atoms with Crippen LogP contribution in [0.4, 0.5) is 11.4 Å². The molecule has 2 aromatic carbocycles. The molecule has 4 heteroatoms. The van der Waals surface area contributed by atoms with E-state index in [9.17, 15) is 5.11 Å². The summed E-state index contributed by atoms with van der Waals surface area (Å²) in [6.07, 6.45) is 0. The first-order valence-electron chi connectivity index (χ1n) is 5.35. The highest BCUT2D eigenvalue weighted by Gasteiger charge is 2.11. The molecule has 18 heavy (non-hydrogen) atoms. The second-order valence-corrected chi connectivity index (χ2v) is 4.23. The van der Waals surface area contributed by atoms with Gasteiger partial charge >= 0.3 is 0 Å². The number of phenolic OH excluding ortho intramolecular Hbond substituents is 1. The average Bonchev–Trinajstić information content (AvgIpc) is 2.38. The molecule has 1 N–H and O–H groups in total. The highest BCUT2D eigenvalue weighted by Crippen LogP contribution is 2.31. The van der Waals surface area contributed by atoms with Crippen molar-refractivity contribution in [1.29, 1.82) is 5.26 Å². The Morgan fingerprint density at radius 3 is 2.44 bits per heavy atom. The zero-order valence-corrected chi connectivity index (χ0v) is 10.5. The zero-order chi connectivity index (χ0) is 13.1. The molecule has 0 saturated carbocycles. The molecule has 0 bridgehead atoms. The lowest BCUT2D eigenvalue weighted by molar-refractivity contribution is 0.475. The molecule has 2 aromatic rings. The van der Waals surface area contributed by atoms with Crippen LogP contribution in [-0.4, -0.2) is 12.2 Å². The highest BCUT2D eigenvalue weighted by atomic mass is 35.5. The molecule has 0 fully saturated rings. The van der Waals surface area contributed by atoms with Gasteiger partial charge in [0, 0.05) is 12.7 Å². The third-order valence-electron chi connectivity index (χ3n) is 2.70. The Hall–Kier alpha value is -2.18. The number of nitriles is 1. The third kappa shape index (κ3) is 2.24. The van der Waals surface area contributed by atoms with Crippen LogP contribution in [0.1, 0.15) is 5.56 Å². The maximum absolute atomic E-state index is 9.26. The van der Waals surface area contributed by atoms with Crippen LogP contribution in [0.15, 0.2) is 42.5 Å². The van der Waals surface area contributed by atoms with Crippen molar-refractivity contribution >= 4 is 23.0 Å². The minimum absolute atomic E-state index is 0.207. The van der Waals surface area contributed by atoms with E-state index in [1.54, 1.807) is 36.4 Å². The van der Waals surface area contributed by atoms with Gasteiger partial charge in [-0.05, 0) is 36.4 Å². The molecule has 0 aliphatic heterocycles. The summed E-state index contributed by atoms with van der Waals surface area (Å²) in [5, 5.41) is 18.8. The summed E-state index contributed by atoms with van der Waals surface area (Å²) in [4.78, 5) is 1.85. The number of anilines is 2. The summed E-state index contributed by atoms with van der Waals surface area (Å²) >= 11 is 6.00. The Labute approximate surface area is 110 Å². The van der Waals surface area contributed by atoms with Crippen molar-refractivity contribution in [1.82, 2.24) is 0 Å². The van der Waals surface area contributed by atoms with Gasteiger partial charge in [0.2, 0.25) is 0 Å². The number of rotatable bonds is 2. The largest absolute Gasteiger partial charge is 0.508 e. The van der Waals surface area contributed by atoms with Gasteiger partial charge in [-0.1, -0.05) is 17.7 Å². The summed E-state index contributed by atoms with van der Waals surface area (Å²) < 4.78 is 0. The molecule has 0 aromatic heterocycles. The lowest BCUT2D eigenvalue weighted by atomic mass is 10.1. The SMILES string of the molecule is CN(c1ccc(O)cc1)c1cccc(Cl)c1C#N. The van der Waals surface area contributed by atoms with Crippen molar-refractivity contribution < 1.29 is 5.11 Å². The first-order valence-corrected chi connectivity index (χ1v) is 5.72. The molecule has 0 heterocycles. The van der Waals surface area contributed by atoms with E-state index in [1.165, 1.54) is 0 Å². The van der Waals surface area contributed by atoms with Crippen LogP contribution < -0.4 is 4.90 Å². The monoisotopic (exact) mass is 258 g/mol. The first-order chi connectivity index (χ1) is 8.63. The molecule has 0 aliphatic carbocycles. The first kappa shape index (κ1) is 12.3. The number of benzene rings is 2. The van der Waals surface area contributed by atoms with Crippen molar-refractivity contribution in [3.8, 4) is 11.8 Å². The molecule has 90 valence electrons. The van der Waals surface area contributed by atoms with E-state index in [1.807, 2.05) is 18.0 Å². The number of halogens is 1. The topological polar surface area (TPSA) is 47.3 Å². The van der Waals surface area contributed by atoms with Gasteiger partial charge in [-0.3, -0.25) is 0 Å². The smallest absolute Gasteiger partial charge is 0.115 e. The quantitative estimate of drug-likeness (QED) is 0.894. The van der Waals surface area contributed by atoms with E-state index in [0.717, 1.165) is 11.4 Å². The van der Waals surface area contributed by atoms with Crippen LogP contribution in [0.3, 0.4) is 0 Å². The van der Waals surface area contributed by atoms with Crippen molar-refractivity contribution in [2.45, 2.75) is 0 Å². The summed E-state index contributed by atoms with van der Waals surface area (Å²) in [6, 6.07) is 14.2. The molecule has 0 spiro atoms. The Morgan fingerprint density at radius 1 is 1.17 bits per heavy atom. The van der Waals surface area contributed by atoms with Crippen molar-refractivity contribution in [2.75, 3.05) is 11.9 Å². The standard InChI is InChI=1S/C14H11ClN2O/c1-17(10-5-7-11(18)8-6-10)14-4-2-3-13(15)12(14)9-16/h2-8,18H,1H3. The fourth-order valence-electron chi connectivity index (χ4n) is 1.72. The number of hydrogen-bond donors (Lipinski definition) is 1. The molecule has 0 atom stereocenters. The van der Waals surface area contributed by atoms with E-state index in [4.69, 9.17) is 16.9 Å². The lowest BCUT2D eigenvalue weighted by Crippen LogP contribution is -2.10. The van der Waals surface area contributed by atoms with Gasteiger partial charge in [-0.25, -0.2) is 0 Å². The predicted octanol–water partition coefficient (Wildman–Crippen LogP) is 3.69.